The van der Waals surface area contributed by atoms with Crippen molar-refractivity contribution >= 4 is 11.6 Å². The first kappa shape index (κ1) is 11.3. The zero-order chi connectivity index (χ0) is 9.68. The summed E-state index contributed by atoms with van der Waals surface area (Å²) in [5.74, 6) is 1.72. The van der Waals surface area contributed by atoms with E-state index in [0.29, 0.717) is 6.04 Å². The fraction of sp³-hybridized carbons (Fsp3) is 1.00. The van der Waals surface area contributed by atoms with Crippen LogP contribution in [0, 0.1) is 5.92 Å². The van der Waals surface area contributed by atoms with Crippen LogP contribution in [0.2, 0.25) is 0 Å². The van der Waals surface area contributed by atoms with Gasteiger partial charge in [-0.3, -0.25) is 4.90 Å². The van der Waals surface area contributed by atoms with Crippen molar-refractivity contribution in [3.05, 3.63) is 0 Å². The molecular formula is C11H22ClN. The summed E-state index contributed by atoms with van der Waals surface area (Å²) in [4.78, 5) is 2.52. The average Bonchev–Trinajstić information content (AvgIpc) is 2.56. The molecule has 1 rings (SSSR count). The minimum absolute atomic E-state index is 0.652. The molecular weight excluding hydrogens is 182 g/mol. The molecule has 0 unspecified atom stereocenters. The second-order valence-corrected chi connectivity index (χ2v) is 4.81. The lowest BCUT2D eigenvalue weighted by atomic mass is 10.1. The fourth-order valence-electron chi connectivity index (χ4n) is 2.19. The van der Waals surface area contributed by atoms with Crippen molar-refractivity contribution in [3.63, 3.8) is 0 Å². The van der Waals surface area contributed by atoms with E-state index in [1.54, 1.807) is 0 Å². The van der Waals surface area contributed by atoms with Gasteiger partial charge in [-0.2, -0.15) is 0 Å². The zero-order valence-corrected chi connectivity index (χ0v) is 9.69. The van der Waals surface area contributed by atoms with Crippen LogP contribution in [0.1, 0.15) is 39.5 Å². The van der Waals surface area contributed by atoms with Gasteiger partial charge in [-0.15, -0.1) is 11.6 Å². The zero-order valence-electron chi connectivity index (χ0n) is 8.93. The Morgan fingerprint density at radius 2 is 1.92 bits per heavy atom. The van der Waals surface area contributed by atoms with Gasteiger partial charge in [0.15, 0.2) is 0 Å². The predicted molar refractivity (Wildman–Crippen MR) is 59.4 cm³/mol. The van der Waals surface area contributed by atoms with Crippen LogP contribution in [-0.4, -0.2) is 29.9 Å². The highest BCUT2D eigenvalue weighted by Crippen LogP contribution is 2.25. The summed E-state index contributed by atoms with van der Waals surface area (Å²) >= 11 is 5.78. The second kappa shape index (κ2) is 5.87. The summed E-state index contributed by atoms with van der Waals surface area (Å²) in [5, 5.41) is 0. The van der Waals surface area contributed by atoms with Gasteiger partial charge in [0.1, 0.15) is 0 Å². The number of rotatable bonds is 5. The van der Waals surface area contributed by atoms with Crippen molar-refractivity contribution in [3.8, 4) is 0 Å². The molecule has 78 valence electrons. The maximum Gasteiger partial charge on any atom is 0.0351 e. The maximum absolute atomic E-state index is 5.78. The molecule has 0 saturated heterocycles. The molecule has 2 heteroatoms. The molecule has 1 saturated carbocycles. The van der Waals surface area contributed by atoms with E-state index < -0.39 is 0 Å². The lowest BCUT2D eigenvalue weighted by Crippen LogP contribution is -2.36. The standard InChI is InChI=1S/C11H22ClN/c1-10(2)13(8-7-12)9-11-5-3-4-6-11/h10-11H,3-9H2,1-2H3. The first-order chi connectivity index (χ1) is 6.24. The topological polar surface area (TPSA) is 3.24 Å². The van der Waals surface area contributed by atoms with Crippen LogP contribution in [0.4, 0.5) is 0 Å². The van der Waals surface area contributed by atoms with E-state index in [2.05, 4.69) is 18.7 Å². The third-order valence-electron chi connectivity index (χ3n) is 3.07. The van der Waals surface area contributed by atoms with E-state index >= 15 is 0 Å². The van der Waals surface area contributed by atoms with Crippen LogP contribution < -0.4 is 0 Å². The first-order valence-corrected chi connectivity index (χ1v) is 6.07. The van der Waals surface area contributed by atoms with Crippen LogP contribution in [0.5, 0.6) is 0 Å². The van der Waals surface area contributed by atoms with Gasteiger partial charge in [0.2, 0.25) is 0 Å². The van der Waals surface area contributed by atoms with Gasteiger partial charge in [-0.25, -0.2) is 0 Å². The van der Waals surface area contributed by atoms with Crippen LogP contribution in [0.15, 0.2) is 0 Å². The molecule has 1 fully saturated rings. The Hall–Kier alpha value is 0.250. The Kier molecular flexibility index (Phi) is 5.12. The third kappa shape index (κ3) is 3.86. The van der Waals surface area contributed by atoms with Gasteiger partial charge < -0.3 is 0 Å². The minimum Gasteiger partial charge on any atom is -0.299 e. The summed E-state index contributed by atoms with van der Waals surface area (Å²) < 4.78 is 0. The monoisotopic (exact) mass is 203 g/mol. The fourth-order valence-corrected chi connectivity index (χ4v) is 2.41. The predicted octanol–water partition coefficient (Wildman–Crippen LogP) is 3.13. The molecule has 0 aromatic rings. The normalized spacial score (nSPS) is 19.2. The van der Waals surface area contributed by atoms with Crippen LogP contribution >= 0.6 is 11.6 Å². The highest BCUT2D eigenvalue weighted by atomic mass is 35.5. The lowest BCUT2D eigenvalue weighted by Gasteiger charge is -2.28. The number of hydrogen-bond donors (Lipinski definition) is 0. The lowest BCUT2D eigenvalue weighted by molar-refractivity contribution is 0.199. The Labute approximate surface area is 87.4 Å². The Morgan fingerprint density at radius 1 is 1.31 bits per heavy atom. The van der Waals surface area contributed by atoms with Crippen molar-refractivity contribution in [1.29, 1.82) is 0 Å². The summed E-state index contributed by atoms with van der Waals surface area (Å²) in [5.41, 5.74) is 0. The van der Waals surface area contributed by atoms with Crippen LogP contribution in [0.3, 0.4) is 0 Å². The van der Waals surface area contributed by atoms with Gasteiger partial charge in [-0.1, -0.05) is 12.8 Å². The number of alkyl halides is 1. The van der Waals surface area contributed by atoms with Crippen molar-refractivity contribution in [2.45, 2.75) is 45.6 Å². The van der Waals surface area contributed by atoms with E-state index in [9.17, 15) is 0 Å². The molecule has 0 aromatic carbocycles. The SMILES string of the molecule is CC(C)N(CCCl)CC1CCCC1. The highest BCUT2D eigenvalue weighted by Gasteiger charge is 2.19. The molecule has 1 aliphatic carbocycles. The molecule has 0 heterocycles. The Morgan fingerprint density at radius 3 is 2.38 bits per heavy atom. The van der Waals surface area contributed by atoms with Gasteiger partial charge in [-0.05, 0) is 32.6 Å². The molecule has 13 heavy (non-hydrogen) atoms. The van der Waals surface area contributed by atoms with E-state index in [1.807, 2.05) is 0 Å². The Balaban J connectivity index is 2.27. The molecule has 0 bridgehead atoms. The van der Waals surface area contributed by atoms with Gasteiger partial charge in [0.25, 0.3) is 0 Å². The highest BCUT2D eigenvalue weighted by molar-refractivity contribution is 6.18. The molecule has 1 aliphatic rings. The number of halogens is 1. The molecule has 0 aromatic heterocycles. The van der Waals surface area contributed by atoms with E-state index in [4.69, 9.17) is 11.6 Å². The van der Waals surface area contributed by atoms with E-state index in [1.165, 1.54) is 32.2 Å². The number of hydrogen-bond acceptors (Lipinski definition) is 1. The third-order valence-corrected chi connectivity index (χ3v) is 3.24. The molecule has 1 nitrogen and oxygen atoms in total. The van der Waals surface area contributed by atoms with Gasteiger partial charge in [0, 0.05) is 25.0 Å². The van der Waals surface area contributed by atoms with E-state index in [-0.39, 0.29) is 0 Å². The molecule has 0 radical (unpaired) electrons. The summed E-state index contributed by atoms with van der Waals surface area (Å²) in [6.45, 7) is 6.85. The first-order valence-electron chi connectivity index (χ1n) is 5.54. The minimum atomic E-state index is 0.652. The second-order valence-electron chi connectivity index (χ2n) is 4.43. The van der Waals surface area contributed by atoms with Crippen molar-refractivity contribution < 1.29 is 0 Å². The maximum atomic E-state index is 5.78. The number of nitrogens with zero attached hydrogens (tertiary/aromatic N) is 1. The van der Waals surface area contributed by atoms with Crippen molar-refractivity contribution in [2.24, 2.45) is 5.92 Å². The summed E-state index contributed by atoms with van der Waals surface area (Å²) in [6, 6.07) is 0.652. The van der Waals surface area contributed by atoms with Crippen LogP contribution in [0.25, 0.3) is 0 Å². The molecule has 0 atom stereocenters. The summed E-state index contributed by atoms with van der Waals surface area (Å²) in [7, 11) is 0. The van der Waals surface area contributed by atoms with Crippen molar-refractivity contribution in [2.75, 3.05) is 19.0 Å². The van der Waals surface area contributed by atoms with Gasteiger partial charge in [0.05, 0.1) is 0 Å². The molecule has 0 amide bonds. The summed E-state index contributed by atoms with van der Waals surface area (Å²) in [6.07, 6.45) is 5.76. The largest absolute Gasteiger partial charge is 0.299 e. The molecule has 0 aliphatic heterocycles. The Bertz CT molecular complexity index is 130. The molecule has 0 spiro atoms. The average molecular weight is 204 g/mol. The molecule has 0 N–H and O–H groups in total. The van der Waals surface area contributed by atoms with Crippen molar-refractivity contribution in [1.82, 2.24) is 4.90 Å². The smallest absolute Gasteiger partial charge is 0.0351 e. The quantitative estimate of drug-likeness (QED) is 0.621. The van der Waals surface area contributed by atoms with Gasteiger partial charge >= 0.3 is 0 Å². The van der Waals surface area contributed by atoms with E-state index in [0.717, 1.165) is 18.3 Å². The van der Waals surface area contributed by atoms with Crippen LogP contribution in [-0.2, 0) is 0 Å².